The van der Waals surface area contributed by atoms with Gasteiger partial charge in [-0.25, -0.2) is 0 Å². The first-order chi connectivity index (χ1) is 17.0. The maximum absolute atomic E-state index is 13.0. The predicted octanol–water partition coefficient (Wildman–Crippen LogP) is 4.48. The number of carbonyl (C=O) groups excluding carboxylic acids is 4. The van der Waals surface area contributed by atoms with Crippen molar-refractivity contribution in [2.24, 2.45) is 26.8 Å². The van der Waals surface area contributed by atoms with Crippen molar-refractivity contribution >= 4 is 23.9 Å². The standard InChI is InChI=1S/C26H43N3O9/c1-23(2,3)19(30)34-13-14-15(36-20(31)24(4,5)6)16(37-21(32)25(7,8)9)17(18(35-14)28-29-27)38-22(33)26(10,11)12/h14-18H,13H2,1-12H3/t14-,15-,16+,17-,18+/m1/s1. The summed E-state index contributed by atoms with van der Waals surface area (Å²) >= 11 is 0. The van der Waals surface area contributed by atoms with Crippen LogP contribution in [-0.2, 0) is 42.9 Å². The molecule has 12 heteroatoms. The second-order valence-electron chi connectivity index (χ2n) is 13.5. The number of rotatable bonds is 6. The highest BCUT2D eigenvalue weighted by atomic mass is 16.7. The van der Waals surface area contributed by atoms with Gasteiger partial charge in [0, 0.05) is 4.91 Å². The number of hydrogen-bond acceptors (Lipinski definition) is 10. The van der Waals surface area contributed by atoms with Crippen LogP contribution in [-0.4, -0.2) is 61.1 Å². The lowest BCUT2D eigenvalue weighted by Crippen LogP contribution is -2.63. The van der Waals surface area contributed by atoms with Crippen LogP contribution in [0.3, 0.4) is 0 Å². The lowest BCUT2D eigenvalue weighted by atomic mass is 9.92. The van der Waals surface area contributed by atoms with Gasteiger partial charge in [0.05, 0.1) is 21.7 Å². The predicted molar refractivity (Wildman–Crippen MR) is 136 cm³/mol. The third kappa shape index (κ3) is 9.16. The van der Waals surface area contributed by atoms with Crippen molar-refractivity contribution in [2.45, 2.75) is 114 Å². The van der Waals surface area contributed by atoms with Crippen LogP contribution < -0.4 is 0 Å². The molecule has 0 N–H and O–H groups in total. The van der Waals surface area contributed by atoms with E-state index in [0.717, 1.165) is 0 Å². The zero-order valence-electron chi connectivity index (χ0n) is 24.6. The Balaban J connectivity index is 3.67. The van der Waals surface area contributed by atoms with E-state index >= 15 is 0 Å². The van der Waals surface area contributed by atoms with Crippen LogP contribution in [0.4, 0.5) is 0 Å². The summed E-state index contributed by atoms with van der Waals surface area (Å²) in [4.78, 5) is 54.2. The fourth-order valence-electron chi connectivity index (χ4n) is 2.85. The van der Waals surface area contributed by atoms with Crippen LogP contribution in [0.25, 0.3) is 10.4 Å². The van der Waals surface area contributed by atoms with E-state index in [-0.39, 0.29) is 0 Å². The number of esters is 4. The van der Waals surface area contributed by atoms with E-state index in [1.807, 2.05) is 0 Å². The van der Waals surface area contributed by atoms with Crippen molar-refractivity contribution < 1.29 is 42.9 Å². The molecule has 38 heavy (non-hydrogen) atoms. The largest absolute Gasteiger partial charge is 0.462 e. The molecule has 0 saturated carbocycles. The molecule has 0 aromatic carbocycles. The van der Waals surface area contributed by atoms with E-state index in [1.54, 1.807) is 83.1 Å². The summed E-state index contributed by atoms with van der Waals surface area (Å²) in [5, 5.41) is 3.62. The second kappa shape index (κ2) is 11.9. The fraction of sp³-hybridized carbons (Fsp3) is 0.846. The highest BCUT2D eigenvalue weighted by Gasteiger charge is 2.54. The van der Waals surface area contributed by atoms with Crippen LogP contribution in [0.5, 0.6) is 0 Å². The molecule has 5 atom stereocenters. The second-order valence-corrected chi connectivity index (χ2v) is 13.5. The van der Waals surface area contributed by atoms with Gasteiger partial charge in [0.15, 0.2) is 24.5 Å². The van der Waals surface area contributed by atoms with Crippen LogP contribution in [0.15, 0.2) is 5.11 Å². The number of nitrogens with zero attached hydrogens (tertiary/aromatic N) is 3. The molecule has 0 amide bonds. The van der Waals surface area contributed by atoms with E-state index in [9.17, 15) is 24.7 Å². The van der Waals surface area contributed by atoms with Crippen LogP contribution in [0, 0.1) is 21.7 Å². The minimum Gasteiger partial charge on any atom is -0.462 e. The Morgan fingerprint density at radius 1 is 0.658 bits per heavy atom. The first-order valence-electron chi connectivity index (χ1n) is 12.5. The van der Waals surface area contributed by atoms with Crippen molar-refractivity contribution in [3.63, 3.8) is 0 Å². The summed E-state index contributed by atoms with van der Waals surface area (Å²) in [6.45, 7) is 19.2. The molecule has 0 unspecified atom stereocenters. The van der Waals surface area contributed by atoms with Gasteiger partial charge in [-0.2, -0.15) is 0 Å². The highest BCUT2D eigenvalue weighted by Crippen LogP contribution is 2.34. The summed E-state index contributed by atoms with van der Waals surface area (Å²) in [7, 11) is 0. The molecular formula is C26H43N3O9. The quantitative estimate of drug-likeness (QED) is 0.155. The van der Waals surface area contributed by atoms with Crippen LogP contribution in [0.1, 0.15) is 83.1 Å². The van der Waals surface area contributed by atoms with E-state index in [1.165, 1.54) is 0 Å². The maximum atomic E-state index is 13.0. The third-order valence-corrected chi connectivity index (χ3v) is 5.33. The molecule has 1 aliphatic heterocycles. The molecule has 1 saturated heterocycles. The van der Waals surface area contributed by atoms with E-state index in [0.29, 0.717) is 0 Å². The zero-order chi connectivity index (χ0) is 29.9. The van der Waals surface area contributed by atoms with Crippen molar-refractivity contribution in [1.82, 2.24) is 0 Å². The molecule has 0 radical (unpaired) electrons. The summed E-state index contributed by atoms with van der Waals surface area (Å²) in [6, 6.07) is 0. The van der Waals surface area contributed by atoms with E-state index in [4.69, 9.17) is 23.7 Å². The third-order valence-electron chi connectivity index (χ3n) is 5.33. The van der Waals surface area contributed by atoms with E-state index in [2.05, 4.69) is 10.0 Å². The summed E-state index contributed by atoms with van der Waals surface area (Å²) < 4.78 is 28.6. The average molecular weight is 542 g/mol. The van der Waals surface area contributed by atoms with Crippen LogP contribution in [0.2, 0.25) is 0 Å². The van der Waals surface area contributed by atoms with Crippen molar-refractivity contribution in [1.29, 1.82) is 0 Å². The van der Waals surface area contributed by atoms with Crippen molar-refractivity contribution in [2.75, 3.05) is 6.61 Å². The molecule has 0 aromatic heterocycles. The topological polar surface area (TPSA) is 163 Å². The molecule has 0 aromatic rings. The van der Waals surface area contributed by atoms with Gasteiger partial charge in [0.2, 0.25) is 0 Å². The number of ether oxygens (including phenoxy) is 5. The first-order valence-corrected chi connectivity index (χ1v) is 12.5. The van der Waals surface area contributed by atoms with Gasteiger partial charge >= 0.3 is 23.9 Å². The fourth-order valence-corrected chi connectivity index (χ4v) is 2.85. The van der Waals surface area contributed by atoms with Gasteiger partial charge in [-0.05, 0) is 88.6 Å². The number of azide groups is 1. The smallest absolute Gasteiger partial charge is 0.311 e. The molecule has 216 valence electrons. The first kappa shape index (κ1) is 33.2. The summed E-state index contributed by atoms with van der Waals surface area (Å²) in [5.74, 6) is -2.62. The molecule has 0 aliphatic carbocycles. The number of carbonyl (C=O) groups is 4. The normalized spacial score (nSPS) is 24.5. The Hall–Kier alpha value is -2.85. The molecule has 1 aliphatic rings. The Kier molecular flexibility index (Phi) is 10.4. The molecule has 1 rings (SSSR count). The maximum Gasteiger partial charge on any atom is 0.311 e. The Morgan fingerprint density at radius 2 is 1.03 bits per heavy atom. The lowest BCUT2D eigenvalue weighted by Gasteiger charge is -2.45. The molecule has 0 spiro atoms. The summed E-state index contributed by atoms with van der Waals surface area (Å²) in [6.07, 6.45) is -6.97. The van der Waals surface area contributed by atoms with E-state index < -0.39 is 82.8 Å². The van der Waals surface area contributed by atoms with Gasteiger partial charge in [0.25, 0.3) is 0 Å². The Morgan fingerprint density at radius 3 is 1.39 bits per heavy atom. The van der Waals surface area contributed by atoms with Crippen molar-refractivity contribution in [3.05, 3.63) is 10.4 Å². The van der Waals surface area contributed by atoms with Gasteiger partial charge in [-0.1, -0.05) is 5.11 Å². The number of hydrogen-bond donors (Lipinski definition) is 0. The van der Waals surface area contributed by atoms with Gasteiger partial charge < -0.3 is 23.7 Å². The average Bonchev–Trinajstić information content (AvgIpc) is 2.73. The monoisotopic (exact) mass is 541 g/mol. The molecule has 12 nitrogen and oxygen atoms in total. The van der Waals surface area contributed by atoms with Gasteiger partial charge in [-0.3, -0.25) is 19.2 Å². The zero-order valence-corrected chi connectivity index (χ0v) is 24.6. The molecule has 1 heterocycles. The van der Waals surface area contributed by atoms with Gasteiger partial charge in [0.1, 0.15) is 12.7 Å². The minimum absolute atomic E-state index is 0.418. The molecule has 1 fully saturated rings. The minimum atomic E-state index is -1.48. The lowest BCUT2D eigenvalue weighted by molar-refractivity contribution is -0.259. The Bertz CT molecular complexity index is 945. The highest BCUT2D eigenvalue weighted by molar-refractivity contribution is 5.78. The molecular weight excluding hydrogens is 498 g/mol. The van der Waals surface area contributed by atoms with Crippen molar-refractivity contribution in [3.8, 4) is 0 Å². The SMILES string of the molecule is CC(C)(C)C(=O)OC[C@H]1O[C@H](N=[N+]=[N-])[C@H](OC(=O)C(C)(C)C)[C@@H](OC(=O)C(C)(C)C)[C@@H]1OC(=O)C(C)(C)C. The molecule has 0 bridgehead atoms. The summed E-state index contributed by atoms with van der Waals surface area (Å²) in [5.41, 5.74) is 5.44. The van der Waals surface area contributed by atoms with Crippen LogP contribution >= 0.6 is 0 Å². The Labute approximate surface area is 224 Å². The van der Waals surface area contributed by atoms with Gasteiger partial charge in [-0.15, -0.1) is 0 Å².